The predicted octanol–water partition coefficient (Wildman–Crippen LogP) is 0.431. The van der Waals surface area contributed by atoms with Crippen LogP contribution in [0.3, 0.4) is 0 Å². The molecule has 0 aliphatic rings. The minimum atomic E-state index is -0.247. The smallest absolute Gasteiger partial charge is 0.275 e. The lowest BCUT2D eigenvalue weighted by Gasteiger charge is -2.23. The Hall–Kier alpha value is -1.88. The van der Waals surface area contributed by atoms with Gasteiger partial charge in [0.05, 0.1) is 6.54 Å². The quantitative estimate of drug-likeness (QED) is 0.682. The molecule has 3 N–H and O–H groups in total. The second-order valence-electron chi connectivity index (χ2n) is 6.96. The summed E-state index contributed by atoms with van der Waals surface area (Å²) in [5, 5.41) is 5.87. The van der Waals surface area contributed by atoms with Crippen LogP contribution in [-0.4, -0.2) is 37.0 Å². The molecule has 0 bridgehead atoms. The normalized spacial score (nSPS) is 12.6. The molecule has 2 amide bonds. The number of benzene rings is 1. The zero-order valence-corrected chi connectivity index (χ0v) is 15.0. The van der Waals surface area contributed by atoms with E-state index in [0.717, 1.165) is 22.6 Å². The van der Waals surface area contributed by atoms with E-state index in [2.05, 4.69) is 10.6 Å². The lowest BCUT2D eigenvalue weighted by Crippen LogP contribution is -3.14. The second-order valence-corrected chi connectivity index (χ2v) is 6.96. The van der Waals surface area contributed by atoms with Crippen LogP contribution in [-0.2, 0) is 16.1 Å². The van der Waals surface area contributed by atoms with E-state index < -0.39 is 0 Å². The number of likely N-dealkylation sites (N-methyl/N-ethyl adjacent to an activating group) is 1. The first-order chi connectivity index (χ1) is 10.7. The van der Waals surface area contributed by atoms with Crippen molar-refractivity contribution < 1.29 is 14.5 Å². The zero-order chi connectivity index (χ0) is 17.5. The van der Waals surface area contributed by atoms with Crippen LogP contribution in [0.4, 0.5) is 0 Å². The summed E-state index contributed by atoms with van der Waals surface area (Å²) in [7, 11) is 0. The molecule has 1 aromatic rings. The van der Waals surface area contributed by atoms with Crippen molar-refractivity contribution >= 4 is 11.8 Å². The molecule has 5 heteroatoms. The van der Waals surface area contributed by atoms with Gasteiger partial charge in [-0.05, 0) is 45.7 Å². The third-order valence-electron chi connectivity index (χ3n) is 3.57. The first-order valence-corrected chi connectivity index (χ1v) is 8.17. The highest BCUT2D eigenvalue weighted by atomic mass is 16.2. The van der Waals surface area contributed by atoms with Gasteiger partial charge in [-0.15, -0.1) is 0 Å². The van der Waals surface area contributed by atoms with Crippen molar-refractivity contribution in [1.29, 1.82) is 0 Å². The van der Waals surface area contributed by atoms with Gasteiger partial charge in [0.2, 0.25) is 0 Å². The van der Waals surface area contributed by atoms with Crippen molar-refractivity contribution in [3.63, 3.8) is 0 Å². The molecule has 0 spiro atoms. The van der Waals surface area contributed by atoms with Gasteiger partial charge in [0.15, 0.2) is 13.1 Å². The summed E-state index contributed by atoms with van der Waals surface area (Å²) in [6.45, 7) is 11.7. The molecule has 5 nitrogen and oxygen atoms in total. The summed E-state index contributed by atoms with van der Waals surface area (Å²) in [5.41, 5.74) is 2.03. The number of aryl methyl sites for hydroxylation is 1. The van der Waals surface area contributed by atoms with E-state index in [9.17, 15) is 9.59 Å². The number of amides is 2. The minimum absolute atomic E-state index is 0.0268. The van der Waals surface area contributed by atoms with E-state index in [1.807, 2.05) is 58.9 Å². The molecule has 0 saturated carbocycles. The van der Waals surface area contributed by atoms with Crippen molar-refractivity contribution in [2.45, 2.75) is 46.7 Å². The van der Waals surface area contributed by atoms with Crippen LogP contribution >= 0.6 is 0 Å². The van der Waals surface area contributed by atoms with Crippen LogP contribution < -0.4 is 15.5 Å². The summed E-state index contributed by atoms with van der Waals surface area (Å²) in [6.07, 6.45) is 0. The summed E-state index contributed by atoms with van der Waals surface area (Å²) in [4.78, 5) is 25.0. The Labute approximate surface area is 139 Å². The lowest BCUT2D eigenvalue weighted by atomic mass is 10.1. The maximum Gasteiger partial charge on any atom is 0.275 e. The van der Waals surface area contributed by atoms with Gasteiger partial charge in [0, 0.05) is 12.1 Å². The third-order valence-corrected chi connectivity index (χ3v) is 3.57. The fourth-order valence-corrected chi connectivity index (χ4v) is 2.29. The van der Waals surface area contributed by atoms with E-state index in [4.69, 9.17) is 0 Å². The molecule has 23 heavy (non-hydrogen) atoms. The highest BCUT2D eigenvalue weighted by Gasteiger charge is 2.20. The fourth-order valence-electron chi connectivity index (χ4n) is 2.29. The number of hydrogen-bond acceptors (Lipinski definition) is 2. The van der Waals surface area contributed by atoms with Gasteiger partial charge < -0.3 is 15.5 Å². The topological polar surface area (TPSA) is 62.6 Å². The standard InChI is InChI=1S/C18H29N3O2/c1-6-21(13-17(23)20-18(3,4)5)12-16(22)19-11-15-10-8-7-9-14(15)2/h7-10H,6,11-13H2,1-5H3,(H,19,22)(H,20,23)/p+1. The maximum absolute atomic E-state index is 12.1. The number of quaternary nitrogens is 1. The van der Waals surface area contributed by atoms with Crippen LogP contribution in [0.25, 0.3) is 0 Å². The van der Waals surface area contributed by atoms with Crippen LogP contribution in [0.5, 0.6) is 0 Å². The van der Waals surface area contributed by atoms with E-state index in [0.29, 0.717) is 19.6 Å². The number of carbonyl (C=O) groups is 2. The monoisotopic (exact) mass is 320 g/mol. The first-order valence-electron chi connectivity index (χ1n) is 8.17. The van der Waals surface area contributed by atoms with E-state index in [1.165, 1.54) is 0 Å². The Morgan fingerprint density at radius 1 is 1.09 bits per heavy atom. The average molecular weight is 320 g/mol. The van der Waals surface area contributed by atoms with Gasteiger partial charge in [0.1, 0.15) is 0 Å². The molecular weight excluding hydrogens is 290 g/mol. The maximum atomic E-state index is 12.1. The number of rotatable bonds is 7. The Bertz CT molecular complexity index is 535. The van der Waals surface area contributed by atoms with Gasteiger partial charge in [-0.3, -0.25) is 9.59 Å². The van der Waals surface area contributed by atoms with Gasteiger partial charge >= 0.3 is 0 Å². The average Bonchev–Trinajstić information content (AvgIpc) is 2.43. The van der Waals surface area contributed by atoms with Gasteiger partial charge in [-0.2, -0.15) is 0 Å². The molecule has 0 aromatic heterocycles. The molecule has 128 valence electrons. The molecule has 1 rings (SSSR count). The highest BCUT2D eigenvalue weighted by Crippen LogP contribution is 2.05. The molecule has 0 aliphatic carbocycles. The van der Waals surface area contributed by atoms with Crippen molar-refractivity contribution in [3.8, 4) is 0 Å². The van der Waals surface area contributed by atoms with Crippen molar-refractivity contribution in [1.82, 2.24) is 10.6 Å². The van der Waals surface area contributed by atoms with E-state index >= 15 is 0 Å². The highest BCUT2D eigenvalue weighted by molar-refractivity contribution is 5.79. The molecule has 1 unspecified atom stereocenters. The minimum Gasteiger partial charge on any atom is -0.347 e. The van der Waals surface area contributed by atoms with Gasteiger partial charge in [0.25, 0.3) is 11.8 Å². The largest absolute Gasteiger partial charge is 0.347 e. The molecule has 0 heterocycles. The number of hydrogen-bond donors (Lipinski definition) is 3. The number of nitrogens with one attached hydrogen (secondary N) is 3. The van der Waals surface area contributed by atoms with Crippen LogP contribution in [0.2, 0.25) is 0 Å². The van der Waals surface area contributed by atoms with Crippen molar-refractivity contribution in [2.75, 3.05) is 19.6 Å². The molecule has 0 fully saturated rings. The molecule has 0 radical (unpaired) electrons. The predicted molar refractivity (Wildman–Crippen MR) is 92.2 cm³/mol. The fraction of sp³-hybridized carbons (Fsp3) is 0.556. The first kappa shape index (κ1) is 19.2. The zero-order valence-electron chi connectivity index (χ0n) is 15.0. The molecule has 1 atom stereocenters. The van der Waals surface area contributed by atoms with Crippen molar-refractivity contribution in [3.05, 3.63) is 35.4 Å². The molecule has 0 aliphatic heterocycles. The van der Waals surface area contributed by atoms with Crippen LogP contribution in [0.15, 0.2) is 24.3 Å². The summed E-state index contributed by atoms with van der Waals surface area (Å²) in [5.74, 6) is -0.0604. The van der Waals surface area contributed by atoms with Gasteiger partial charge in [-0.1, -0.05) is 24.3 Å². The Balaban J connectivity index is 2.44. The summed E-state index contributed by atoms with van der Waals surface area (Å²) in [6, 6.07) is 7.99. The lowest BCUT2D eigenvalue weighted by molar-refractivity contribution is -0.881. The van der Waals surface area contributed by atoms with E-state index in [-0.39, 0.29) is 17.4 Å². The molecule has 1 aromatic carbocycles. The van der Waals surface area contributed by atoms with Crippen LogP contribution in [0, 0.1) is 6.92 Å². The van der Waals surface area contributed by atoms with Crippen LogP contribution in [0.1, 0.15) is 38.8 Å². The third kappa shape index (κ3) is 7.79. The van der Waals surface area contributed by atoms with E-state index in [1.54, 1.807) is 0 Å². The van der Waals surface area contributed by atoms with Gasteiger partial charge in [-0.25, -0.2) is 0 Å². The SMILES string of the molecule is CC[NH+](CC(=O)NCc1ccccc1C)CC(=O)NC(C)(C)C. The van der Waals surface area contributed by atoms with Crippen molar-refractivity contribution in [2.24, 2.45) is 0 Å². The second kappa shape index (κ2) is 8.67. The summed E-state index contributed by atoms with van der Waals surface area (Å²) < 4.78 is 0. The Morgan fingerprint density at radius 2 is 1.70 bits per heavy atom. The number of carbonyl (C=O) groups excluding carboxylic acids is 2. The molecular formula is C18H30N3O2+. The summed E-state index contributed by atoms with van der Waals surface area (Å²) >= 11 is 0. The Kier molecular flexibility index (Phi) is 7.23. The molecule has 0 saturated heterocycles. The Morgan fingerprint density at radius 3 is 2.26 bits per heavy atom.